The van der Waals surface area contributed by atoms with E-state index in [-0.39, 0.29) is 0 Å². The zero-order valence-corrected chi connectivity index (χ0v) is 13.4. The SMILES string of the molecule is COc1cc(Cl)c(/C=C(\C#N)c2cccc(C#N)c2)cc1OC. The van der Waals surface area contributed by atoms with Gasteiger partial charge in [-0.2, -0.15) is 10.5 Å². The van der Waals surface area contributed by atoms with Crippen molar-refractivity contribution in [3.63, 3.8) is 0 Å². The van der Waals surface area contributed by atoms with Crippen LogP contribution in [0.4, 0.5) is 0 Å². The third kappa shape index (κ3) is 3.63. The molecule has 23 heavy (non-hydrogen) atoms. The summed E-state index contributed by atoms with van der Waals surface area (Å²) >= 11 is 6.24. The first-order valence-electron chi connectivity index (χ1n) is 6.66. The van der Waals surface area contributed by atoms with E-state index in [9.17, 15) is 5.26 Å². The Bertz CT molecular complexity index is 845. The Kier molecular flexibility index (Phi) is 5.25. The number of rotatable bonds is 4. The number of halogens is 1. The van der Waals surface area contributed by atoms with Crippen LogP contribution in [0.3, 0.4) is 0 Å². The summed E-state index contributed by atoms with van der Waals surface area (Å²) in [6.07, 6.45) is 1.65. The summed E-state index contributed by atoms with van der Waals surface area (Å²) in [5, 5.41) is 18.8. The molecule has 0 saturated carbocycles. The fraction of sp³-hybridized carbons (Fsp3) is 0.111. The monoisotopic (exact) mass is 324 g/mol. The van der Waals surface area contributed by atoms with Gasteiger partial charge in [-0.1, -0.05) is 23.7 Å². The van der Waals surface area contributed by atoms with Gasteiger partial charge in [0, 0.05) is 6.07 Å². The normalized spacial score (nSPS) is 10.6. The molecule has 2 aromatic rings. The predicted octanol–water partition coefficient (Wildman–Crippen LogP) is 4.29. The molecule has 0 saturated heterocycles. The van der Waals surface area contributed by atoms with E-state index in [0.717, 1.165) is 0 Å². The molecular formula is C18H13ClN2O2. The van der Waals surface area contributed by atoms with Crippen LogP contribution in [0.2, 0.25) is 5.02 Å². The molecule has 2 rings (SSSR count). The molecule has 0 radical (unpaired) electrons. The lowest BCUT2D eigenvalue weighted by molar-refractivity contribution is 0.355. The molecule has 0 fully saturated rings. The summed E-state index contributed by atoms with van der Waals surface area (Å²) in [6.45, 7) is 0. The Hall–Kier alpha value is -2.95. The third-order valence-electron chi connectivity index (χ3n) is 3.23. The van der Waals surface area contributed by atoms with Crippen LogP contribution in [0.1, 0.15) is 16.7 Å². The van der Waals surface area contributed by atoms with E-state index in [1.807, 2.05) is 0 Å². The summed E-state index contributed by atoms with van der Waals surface area (Å²) < 4.78 is 10.4. The molecule has 4 nitrogen and oxygen atoms in total. The largest absolute Gasteiger partial charge is 0.493 e. The average molecular weight is 325 g/mol. The van der Waals surface area contributed by atoms with E-state index < -0.39 is 0 Å². The van der Waals surface area contributed by atoms with Crippen molar-refractivity contribution in [2.75, 3.05) is 14.2 Å². The van der Waals surface area contributed by atoms with Gasteiger partial charge in [-0.25, -0.2) is 0 Å². The summed E-state index contributed by atoms with van der Waals surface area (Å²) in [6, 6.07) is 14.4. The Morgan fingerprint density at radius 1 is 1.09 bits per heavy atom. The lowest BCUT2D eigenvalue weighted by Crippen LogP contribution is -1.92. The van der Waals surface area contributed by atoms with Crippen LogP contribution in [0.5, 0.6) is 11.5 Å². The zero-order valence-electron chi connectivity index (χ0n) is 12.6. The van der Waals surface area contributed by atoms with E-state index >= 15 is 0 Å². The van der Waals surface area contributed by atoms with E-state index in [1.165, 1.54) is 14.2 Å². The Balaban J connectivity index is 2.54. The number of nitriles is 2. The summed E-state index contributed by atoms with van der Waals surface area (Å²) in [5.41, 5.74) is 2.17. The number of methoxy groups -OCH3 is 2. The highest BCUT2D eigenvalue weighted by Crippen LogP contribution is 2.34. The predicted molar refractivity (Wildman–Crippen MR) is 89.2 cm³/mol. The second-order valence-corrected chi connectivity index (χ2v) is 5.00. The Labute approximate surface area is 139 Å². The van der Waals surface area contributed by atoms with Crippen molar-refractivity contribution < 1.29 is 9.47 Å². The van der Waals surface area contributed by atoms with E-state index in [1.54, 1.807) is 42.5 Å². The first-order valence-corrected chi connectivity index (χ1v) is 7.04. The smallest absolute Gasteiger partial charge is 0.162 e. The van der Waals surface area contributed by atoms with Crippen molar-refractivity contribution >= 4 is 23.3 Å². The topological polar surface area (TPSA) is 66.0 Å². The first-order chi connectivity index (χ1) is 11.1. The van der Waals surface area contributed by atoms with Gasteiger partial charge in [-0.05, 0) is 35.4 Å². The molecule has 0 unspecified atom stereocenters. The van der Waals surface area contributed by atoms with Gasteiger partial charge in [0.1, 0.15) is 0 Å². The Morgan fingerprint density at radius 2 is 1.78 bits per heavy atom. The fourth-order valence-electron chi connectivity index (χ4n) is 2.07. The molecular weight excluding hydrogens is 312 g/mol. The van der Waals surface area contributed by atoms with Crippen LogP contribution in [-0.2, 0) is 0 Å². The summed E-state index contributed by atoms with van der Waals surface area (Å²) in [5.74, 6) is 1.03. The molecule has 0 N–H and O–H groups in total. The second-order valence-electron chi connectivity index (χ2n) is 4.59. The molecule has 114 valence electrons. The molecule has 0 aliphatic heterocycles. The lowest BCUT2D eigenvalue weighted by atomic mass is 10.0. The van der Waals surface area contributed by atoms with Crippen molar-refractivity contribution in [1.29, 1.82) is 10.5 Å². The van der Waals surface area contributed by atoms with E-state index in [2.05, 4.69) is 12.1 Å². The lowest BCUT2D eigenvalue weighted by Gasteiger charge is -2.10. The number of benzene rings is 2. The molecule has 0 atom stereocenters. The van der Waals surface area contributed by atoms with Gasteiger partial charge in [0.2, 0.25) is 0 Å². The van der Waals surface area contributed by atoms with Crippen molar-refractivity contribution in [2.24, 2.45) is 0 Å². The number of hydrogen-bond donors (Lipinski definition) is 0. The van der Waals surface area contributed by atoms with Gasteiger partial charge < -0.3 is 9.47 Å². The molecule has 0 aliphatic rings. The Morgan fingerprint density at radius 3 is 2.39 bits per heavy atom. The molecule has 0 bridgehead atoms. The van der Waals surface area contributed by atoms with Gasteiger partial charge in [-0.3, -0.25) is 0 Å². The molecule has 0 spiro atoms. The summed E-state index contributed by atoms with van der Waals surface area (Å²) in [4.78, 5) is 0. The van der Waals surface area contributed by atoms with Gasteiger partial charge in [0.15, 0.2) is 11.5 Å². The standard InChI is InChI=1S/C18H13ClN2O2/c1-22-17-8-14(16(19)9-18(17)23-2)7-15(11-21)13-5-3-4-12(6-13)10-20/h3-9H,1-2H3/b15-7+. The maximum absolute atomic E-state index is 9.42. The molecule has 0 aliphatic carbocycles. The molecule has 5 heteroatoms. The maximum atomic E-state index is 9.42. The average Bonchev–Trinajstić information content (AvgIpc) is 2.60. The van der Waals surface area contributed by atoms with E-state index in [0.29, 0.717) is 38.8 Å². The molecule has 0 aromatic heterocycles. The first kappa shape index (κ1) is 16.4. The number of ether oxygens (including phenoxy) is 2. The van der Waals surface area contributed by atoms with Crippen molar-refractivity contribution in [3.8, 4) is 23.6 Å². The summed E-state index contributed by atoms with van der Waals surface area (Å²) in [7, 11) is 3.05. The fourth-order valence-corrected chi connectivity index (χ4v) is 2.28. The van der Waals surface area contributed by atoms with Crippen LogP contribution in [0.15, 0.2) is 36.4 Å². The van der Waals surface area contributed by atoms with Crippen LogP contribution in [0, 0.1) is 22.7 Å². The van der Waals surface area contributed by atoms with Crippen molar-refractivity contribution in [2.45, 2.75) is 0 Å². The second kappa shape index (κ2) is 7.35. The quantitative estimate of drug-likeness (QED) is 0.621. The number of allylic oxidation sites excluding steroid dienone is 1. The minimum atomic E-state index is 0.399. The minimum Gasteiger partial charge on any atom is -0.493 e. The zero-order chi connectivity index (χ0) is 16.8. The van der Waals surface area contributed by atoms with Gasteiger partial charge in [0.05, 0.1) is 42.5 Å². The highest BCUT2D eigenvalue weighted by atomic mass is 35.5. The van der Waals surface area contributed by atoms with Crippen LogP contribution >= 0.6 is 11.6 Å². The van der Waals surface area contributed by atoms with Crippen LogP contribution in [-0.4, -0.2) is 14.2 Å². The van der Waals surface area contributed by atoms with Gasteiger partial charge >= 0.3 is 0 Å². The van der Waals surface area contributed by atoms with Crippen LogP contribution in [0.25, 0.3) is 11.6 Å². The highest BCUT2D eigenvalue weighted by Gasteiger charge is 2.10. The van der Waals surface area contributed by atoms with Gasteiger partial charge in [0.25, 0.3) is 0 Å². The minimum absolute atomic E-state index is 0.399. The highest BCUT2D eigenvalue weighted by molar-refractivity contribution is 6.32. The number of hydrogen-bond acceptors (Lipinski definition) is 4. The molecule has 0 heterocycles. The van der Waals surface area contributed by atoms with Crippen molar-refractivity contribution in [1.82, 2.24) is 0 Å². The van der Waals surface area contributed by atoms with E-state index in [4.69, 9.17) is 26.3 Å². The third-order valence-corrected chi connectivity index (χ3v) is 3.55. The molecule has 0 amide bonds. The van der Waals surface area contributed by atoms with Crippen LogP contribution < -0.4 is 9.47 Å². The van der Waals surface area contributed by atoms with Gasteiger partial charge in [-0.15, -0.1) is 0 Å². The van der Waals surface area contributed by atoms with Crippen molar-refractivity contribution in [3.05, 3.63) is 58.1 Å². The maximum Gasteiger partial charge on any atom is 0.162 e. The molecule has 2 aromatic carbocycles. The number of nitrogens with zero attached hydrogens (tertiary/aromatic N) is 2.